The largest absolute Gasteiger partial charge is 0.494 e. The molecule has 0 aliphatic heterocycles. The molecule has 0 bridgehead atoms. The second-order valence-electron chi connectivity index (χ2n) is 6.53. The lowest BCUT2D eigenvalue weighted by Crippen LogP contribution is -1.97. The summed E-state index contributed by atoms with van der Waals surface area (Å²) >= 11 is 0. The van der Waals surface area contributed by atoms with Crippen LogP contribution >= 0.6 is 0 Å². The predicted molar refractivity (Wildman–Crippen MR) is 105 cm³/mol. The van der Waals surface area contributed by atoms with Crippen LogP contribution in [0.3, 0.4) is 0 Å². The van der Waals surface area contributed by atoms with Crippen LogP contribution in [0.25, 0.3) is 39.6 Å². The number of ether oxygens (including phenoxy) is 1. The Labute approximate surface area is 160 Å². The van der Waals surface area contributed by atoms with Crippen molar-refractivity contribution in [2.45, 2.75) is 13.8 Å². The lowest BCUT2D eigenvalue weighted by Gasteiger charge is -2.03. The maximum Gasteiger partial charge on any atom is 0.182 e. The van der Waals surface area contributed by atoms with Crippen molar-refractivity contribution in [1.29, 1.82) is 0 Å². The number of hydrogen-bond acceptors (Lipinski definition) is 6. The SMILES string of the molecule is COc1cccnc1-c1nc2ccc(-c3nc4c(C)ncc(C)n4n3)cc2[nH]1. The second-order valence-corrected chi connectivity index (χ2v) is 6.53. The molecule has 8 nitrogen and oxygen atoms in total. The zero-order valence-electron chi connectivity index (χ0n) is 15.6. The van der Waals surface area contributed by atoms with Crippen LogP contribution in [0.15, 0.2) is 42.7 Å². The lowest BCUT2D eigenvalue weighted by atomic mass is 10.2. The maximum atomic E-state index is 5.39. The summed E-state index contributed by atoms with van der Waals surface area (Å²) in [6.07, 6.45) is 3.52. The molecule has 0 spiro atoms. The van der Waals surface area contributed by atoms with Gasteiger partial charge < -0.3 is 9.72 Å². The quantitative estimate of drug-likeness (QED) is 0.523. The first-order chi connectivity index (χ1) is 13.6. The smallest absolute Gasteiger partial charge is 0.182 e. The minimum atomic E-state index is 0.646. The minimum Gasteiger partial charge on any atom is -0.494 e. The standard InChI is InChI=1S/C20H17N7O/c1-11-10-22-12(2)20-25-18(26-27(11)20)13-6-7-14-15(9-13)24-19(23-14)17-16(28-3)5-4-8-21-17/h4-10H,1-3H3,(H,23,24). The van der Waals surface area contributed by atoms with Crippen LogP contribution in [0.5, 0.6) is 5.75 Å². The predicted octanol–water partition coefficient (Wildman–Crippen LogP) is 3.36. The Bertz CT molecular complexity index is 1300. The zero-order valence-corrected chi connectivity index (χ0v) is 15.6. The van der Waals surface area contributed by atoms with E-state index in [0.29, 0.717) is 23.1 Å². The summed E-state index contributed by atoms with van der Waals surface area (Å²) in [5, 5.41) is 4.64. The molecule has 4 heterocycles. The Morgan fingerprint density at radius 1 is 1.07 bits per heavy atom. The summed E-state index contributed by atoms with van der Waals surface area (Å²) in [5.74, 6) is 1.97. The average molecular weight is 371 g/mol. The molecular weight excluding hydrogens is 354 g/mol. The average Bonchev–Trinajstić information content (AvgIpc) is 3.35. The number of fused-ring (bicyclic) bond motifs is 2. The van der Waals surface area contributed by atoms with Crippen LogP contribution in [-0.2, 0) is 0 Å². The van der Waals surface area contributed by atoms with Gasteiger partial charge in [0.15, 0.2) is 17.3 Å². The highest BCUT2D eigenvalue weighted by atomic mass is 16.5. The molecule has 0 aliphatic rings. The van der Waals surface area contributed by atoms with Gasteiger partial charge in [0.2, 0.25) is 0 Å². The fourth-order valence-corrected chi connectivity index (χ4v) is 3.21. The van der Waals surface area contributed by atoms with E-state index in [4.69, 9.17) is 4.74 Å². The highest BCUT2D eigenvalue weighted by Gasteiger charge is 2.14. The molecule has 5 rings (SSSR count). The van der Waals surface area contributed by atoms with Crippen LogP contribution in [-0.4, -0.2) is 41.6 Å². The summed E-state index contributed by atoms with van der Waals surface area (Å²) in [5.41, 5.74) is 5.83. The number of imidazole rings is 1. The van der Waals surface area contributed by atoms with Crippen LogP contribution in [0.4, 0.5) is 0 Å². The van der Waals surface area contributed by atoms with Crippen LogP contribution in [0, 0.1) is 13.8 Å². The molecular formula is C20H17N7O. The molecule has 138 valence electrons. The number of aromatic amines is 1. The number of pyridine rings is 1. The Hall–Kier alpha value is -3.81. The van der Waals surface area contributed by atoms with Gasteiger partial charge in [0.05, 0.1) is 29.5 Å². The second kappa shape index (κ2) is 6.12. The van der Waals surface area contributed by atoms with Gasteiger partial charge in [-0.2, -0.15) is 0 Å². The van der Waals surface area contributed by atoms with E-state index < -0.39 is 0 Å². The molecule has 0 radical (unpaired) electrons. The van der Waals surface area contributed by atoms with Crippen molar-refractivity contribution in [2.24, 2.45) is 0 Å². The van der Waals surface area contributed by atoms with Crippen molar-refractivity contribution < 1.29 is 4.74 Å². The Balaban J connectivity index is 1.63. The van der Waals surface area contributed by atoms with Crippen molar-refractivity contribution >= 4 is 16.7 Å². The van der Waals surface area contributed by atoms with Gasteiger partial charge in [-0.05, 0) is 44.2 Å². The monoisotopic (exact) mass is 371 g/mol. The van der Waals surface area contributed by atoms with Gasteiger partial charge in [-0.3, -0.25) is 4.98 Å². The van der Waals surface area contributed by atoms with Gasteiger partial charge in [0.25, 0.3) is 0 Å². The molecule has 0 fully saturated rings. The first-order valence-corrected chi connectivity index (χ1v) is 8.82. The Morgan fingerprint density at radius 3 is 2.79 bits per heavy atom. The third kappa shape index (κ3) is 2.50. The number of benzene rings is 1. The highest BCUT2D eigenvalue weighted by Crippen LogP contribution is 2.28. The number of aromatic nitrogens is 7. The number of rotatable bonds is 3. The summed E-state index contributed by atoms with van der Waals surface area (Å²) in [6.45, 7) is 3.89. The molecule has 0 atom stereocenters. The van der Waals surface area contributed by atoms with Gasteiger partial charge in [-0.25, -0.2) is 19.5 Å². The summed E-state index contributed by atoms with van der Waals surface area (Å²) in [4.78, 5) is 21.4. The molecule has 1 aromatic carbocycles. The molecule has 4 aromatic heterocycles. The Morgan fingerprint density at radius 2 is 1.96 bits per heavy atom. The summed E-state index contributed by atoms with van der Waals surface area (Å²) in [7, 11) is 1.62. The number of nitrogens with zero attached hydrogens (tertiary/aromatic N) is 6. The molecule has 8 heteroatoms. The van der Waals surface area contributed by atoms with E-state index in [-0.39, 0.29) is 0 Å². The molecule has 28 heavy (non-hydrogen) atoms. The topological polar surface area (TPSA) is 93.9 Å². The number of methoxy groups -OCH3 is 1. The molecule has 1 N–H and O–H groups in total. The molecule has 0 unspecified atom stereocenters. The van der Waals surface area contributed by atoms with E-state index in [1.807, 2.05) is 48.7 Å². The lowest BCUT2D eigenvalue weighted by molar-refractivity contribution is 0.414. The fourth-order valence-electron chi connectivity index (χ4n) is 3.21. The van der Waals surface area contributed by atoms with E-state index in [2.05, 4.69) is 30.0 Å². The summed E-state index contributed by atoms with van der Waals surface area (Å²) in [6, 6.07) is 9.60. The van der Waals surface area contributed by atoms with E-state index >= 15 is 0 Å². The van der Waals surface area contributed by atoms with Gasteiger partial charge in [0, 0.05) is 18.0 Å². The number of hydrogen-bond donors (Lipinski definition) is 1. The van der Waals surface area contributed by atoms with Crippen LogP contribution < -0.4 is 4.74 Å². The zero-order chi connectivity index (χ0) is 19.3. The van der Waals surface area contributed by atoms with E-state index in [0.717, 1.165) is 33.6 Å². The van der Waals surface area contributed by atoms with Gasteiger partial charge in [-0.15, -0.1) is 5.10 Å². The molecule has 5 aromatic rings. The number of aryl methyl sites for hydroxylation is 2. The Kier molecular flexibility index (Phi) is 3.58. The molecule has 0 saturated heterocycles. The third-order valence-corrected chi connectivity index (χ3v) is 4.66. The fraction of sp³-hybridized carbons (Fsp3) is 0.150. The first-order valence-electron chi connectivity index (χ1n) is 8.82. The van der Waals surface area contributed by atoms with Gasteiger partial charge >= 0.3 is 0 Å². The van der Waals surface area contributed by atoms with E-state index in [1.54, 1.807) is 19.5 Å². The first kappa shape index (κ1) is 16.4. The minimum absolute atomic E-state index is 0.646. The molecule has 0 saturated carbocycles. The summed E-state index contributed by atoms with van der Waals surface area (Å²) < 4.78 is 7.21. The van der Waals surface area contributed by atoms with Crippen molar-refractivity contribution in [3.05, 3.63) is 54.1 Å². The van der Waals surface area contributed by atoms with Crippen molar-refractivity contribution in [2.75, 3.05) is 7.11 Å². The van der Waals surface area contributed by atoms with Gasteiger partial charge in [-0.1, -0.05) is 0 Å². The van der Waals surface area contributed by atoms with Crippen molar-refractivity contribution in [1.82, 2.24) is 34.5 Å². The van der Waals surface area contributed by atoms with Crippen molar-refractivity contribution in [3.63, 3.8) is 0 Å². The highest BCUT2D eigenvalue weighted by molar-refractivity contribution is 5.83. The van der Waals surface area contributed by atoms with Crippen LogP contribution in [0.1, 0.15) is 11.4 Å². The molecule has 0 amide bonds. The number of nitrogens with one attached hydrogen (secondary N) is 1. The van der Waals surface area contributed by atoms with Crippen LogP contribution in [0.2, 0.25) is 0 Å². The van der Waals surface area contributed by atoms with Gasteiger partial charge in [0.1, 0.15) is 11.4 Å². The maximum absolute atomic E-state index is 5.39. The van der Waals surface area contributed by atoms with Crippen molar-refractivity contribution in [3.8, 4) is 28.7 Å². The molecule has 0 aliphatic carbocycles. The van der Waals surface area contributed by atoms with E-state index in [9.17, 15) is 0 Å². The third-order valence-electron chi connectivity index (χ3n) is 4.66. The van der Waals surface area contributed by atoms with E-state index in [1.165, 1.54) is 0 Å². The number of H-pyrrole nitrogens is 1. The normalized spacial score (nSPS) is 11.4.